The standard InChI is InChI=1S/C16H21N3O4S/c1-4-5-8-17-14(20)10-24-16-19-18-15(23-16)11-6-7-12(21-2)13(9-11)22-3/h6-7,9H,4-5,8,10H2,1-3H3,(H,17,20). The van der Waals surface area contributed by atoms with E-state index in [9.17, 15) is 4.79 Å². The third kappa shape index (κ3) is 4.89. The Morgan fingerprint density at radius 2 is 2.04 bits per heavy atom. The molecule has 1 N–H and O–H groups in total. The van der Waals surface area contributed by atoms with Crippen molar-refractivity contribution in [2.75, 3.05) is 26.5 Å². The minimum atomic E-state index is -0.0423. The molecule has 1 aromatic heterocycles. The van der Waals surface area contributed by atoms with Crippen molar-refractivity contribution in [2.45, 2.75) is 25.0 Å². The highest BCUT2D eigenvalue weighted by atomic mass is 32.2. The first-order valence-corrected chi connectivity index (χ1v) is 8.61. The Labute approximate surface area is 145 Å². The van der Waals surface area contributed by atoms with E-state index in [0.29, 0.717) is 29.2 Å². The summed E-state index contributed by atoms with van der Waals surface area (Å²) in [4.78, 5) is 11.7. The number of unbranched alkanes of at least 4 members (excludes halogenated alkanes) is 1. The molecule has 0 aliphatic heterocycles. The summed E-state index contributed by atoms with van der Waals surface area (Å²) >= 11 is 1.21. The molecule has 0 radical (unpaired) electrons. The summed E-state index contributed by atoms with van der Waals surface area (Å²) in [6.45, 7) is 2.77. The van der Waals surface area contributed by atoms with Gasteiger partial charge < -0.3 is 19.2 Å². The molecule has 0 unspecified atom stereocenters. The normalized spacial score (nSPS) is 10.5. The first kappa shape index (κ1) is 18.1. The summed E-state index contributed by atoms with van der Waals surface area (Å²) in [5.41, 5.74) is 0.722. The quantitative estimate of drug-likeness (QED) is 0.549. The van der Waals surface area contributed by atoms with Crippen molar-refractivity contribution in [3.05, 3.63) is 18.2 Å². The zero-order valence-electron chi connectivity index (χ0n) is 14.0. The maximum absolute atomic E-state index is 11.7. The van der Waals surface area contributed by atoms with E-state index in [-0.39, 0.29) is 11.7 Å². The van der Waals surface area contributed by atoms with Crippen molar-refractivity contribution in [1.82, 2.24) is 15.5 Å². The molecule has 0 atom stereocenters. The van der Waals surface area contributed by atoms with Crippen LogP contribution in [0.4, 0.5) is 0 Å². The summed E-state index contributed by atoms with van der Waals surface area (Å²) in [5, 5.41) is 11.2. The second-order valence-corrected chi connectivity index (χ2v) is 5.86. The van der Waals surface area contributed by atoms with Gasteiger partial charge in [-0.25, -0.2) is 0 Å². The number of aromatic nitrogens is 2. The maximum Gasteiger partial charge on any atom is 0.277 e. The van der Waals surface area contributed by atoms with Crippen molar-refractivity contribution >= 4 is 17.7 Å². The number of carbonyl (C=O) groups excluding carboxylic acids is 1. The van der Waals surface area contributed by atoms with Gasteiger partial charge in [0.2, 0.25) is 11.8 Å². The van der Waals surface area contributed by atoms with Crippen LogP contribution < -0.4 is 14.8 Å². The van der Waals surface area contributed by atoms with Gasteiger partial charge in [0.05, 0.1) is 20.0 Å². The highest BCUT2D eigenvalue weighted by Crippen LogP contribution is 2.32. The Kier molecular flexibility index (Phi) is 6.92. The molecule has 130 valence electrons. The van der Waals surface area contributed by atoms with Crippen molar-refractivity contribution < 1.29 is 18.7 Å². The fourth-order valence-corrected chi connectivity index (χ4v) is 2.53. The third-order valence-electron chi connectivity index (χ3n) is 3.22. The zero-order valence-corrected chi connectivity index (χ0v) is 14.8. The molecule has 0 bridgehead atoms. The Morgan fingerprint density at radius 3 is 2.75 bits per heavy atom. The Hall–Kier alpha value is -2.22. The molecule has 7 nitrogen and oxygen atoms in total. The Balaban J connectivity index is 1.96. The van der Waals surface area contributed by atoms with E-state index in [4.69, 9.17) is 13.9 Å². The summed E-state index contributed by atoms with van der Waals surface area (Å²) in [6.07, 6.45) is 2.02. The van der Waals surface area contributed by atoms with E-state index in [1.54, 1.807) is 32.4 Å². The Bertz CT molecular complexity index is 675. The van der Waals surface area contributed by atoms with Crippen LogP contribution in [-0.4, -0.2) is 42.6 Å². The molecular formula is C16H21N3O4S. The van der Waals surface area contributed by atoms with Crippen LogP contribution in [0.2, 0.25) is 0 Å². The minimum Gasteiger partial charge on any atom is -0.493 e. The molecule has 0 fully saturated rings. The van der Waals surface area contributed by atoms with Gasteiger partial charge in [0, 0.05) is 12.1 Å². The fourth-order valence-electron chi connectivity index (χ4n) is 1.94. The number of amides is 1. The molecule has 0 saturated heterocycles. The van der Waals surface area contributed by atoms with Gasteiger partial charge in [0.1, 0.15) is 0 Å². The molecule has 0 aliphatic carbocycles. The summed E-state index contributed by atoms with van der Waals surface area (Å²) in [5.74, 6) is 1.78. The molecule has 1 amide bonds. The molecule has 0 spiro atoms. The number of benzene rings is 1. The van der Waals surface area contributed by atoms with Crippen molar-refractivity contribution in [3.63, 3.8) is 0 Å². The molecule has 2 rings (SSSR count). The SMILES string of the molecule is CCCCNC(=O)CSc1nnc(-c2ccc(OC)c(OC)c2)o1. The monoisotopic (exact) mass is 351 g/mol. The highest BCUT2D eigenvalue weighted by Gasteiger charge is 2.13. The zero-order chi connectivity index (χ0) is 17.4. The molecule has 0 aliphatic rings. The second-order valence-electron chi connectivity index (χ2n) is 4.94. The van der Waals surface area contributed by atoms with Gasteiger partial charge in [-0.05, 0) is 24.6 Å². The number of nitrogens with zero attached hydrogens (tertiary/aromatic N) is 2. The first-order valence-electron chi connectivity index (χ1n) is 7.63. The van der Waals surface area contributed by atoms with Gasteiger partial charge in [-0.2, -0.15) is 0 Å². The lowest BCUT2D eigenvalue weighted by atomic mass is 10.2. The average molecular weight is 351 g/mol. The lowest BCUT2D eigenvalue weighted by Crippen LogP contribution is -2.25. The van der Waals surface area contributed by atoms with E-state index in [1.807, 2.05) is 0 Å². The van der Waals surface area contributed by atoms with Crippen molar-refractivity contribution in [3.8, 4) is 23.0 Å². The number of ether oxygens (including phenoxy) is 2. The molecule has 1 heterocycles. The van der Waals surface area contributed by atoms with Crippen LogP contribution in [0.1, 0.15) is 19.8 Å². The number of rotatable bonds is 9. The summed E-state index contributed by atoms with van der Waals surface area (Å²) in [7, 11) is 3.14. The molecule has 8 heteroatoms. The maximum atomic E-state index is 11.7. The number of methoxy groups -OCH3 is 2. The number of nitrogens with one attached hydrogen (secondary N) is 1. The van der Waals surface area contributed by atoms with Gasteiger partial charge in [-0.1, -0.05) is 25.1 Å². The van der Waals surface area contributed by atoms with Gasteiger partial charge in [0.15, 0.2) is 11.5 Å². The molecule has 0 saturated carbocycles. The lowest BCUT2D eigenvalue weighted by Gasteiger charge is -2.07. The number of hydrogen-bond acceptors (Lipinski definition) is 7. The van der Waals surface area contributed by atoms with Gasteiger partial charge in [-0.3, -0.25) is 4.79 Å². The van der Waals surface area contributed by atoms with Crippen molar-refractivity contribution in [2.24, 2.45) is 0 Å². The molecule has 2 aromatic rings. The summed E-state index contributed by atoms with van der Waals surface area (Å²) < 4.78 is 16.0. The van der Waals surface area contributed by atoms with E-state index >= 15 is 0 Å². The van der Waals surface area contributed by atoms with Gasteiger partial charge in [-0.15, -0.1) is 10.2 Å². The average Bonchev–Trinajstić information content (AvgIpc) is 3.08. The second kappa shape index (κ2) is 9.17. The number of thioether (sulfide) groups is 1. The number of hydrogen-bond donors (Lipinski definition) is 1. The van der Waals surface area contributed by atoms with Crippen molar-refractivity contribution in [1.29, 1.82) is 0 Å². The van der Waals surface area contributed by atoms with Crippen LogP contribution >= 0.6 is 11.8 Å². The van der Waals surface area contributed by atoms with E-state index in [1.165, 1.54) is 11.8 Å². The molecular weight excluding hydrogens is 330 g/mol. The third-order valence-corrected chi connectivity index (χ3v) is 4.03. The highest BCUT2D eigenvalue weighted by molar-refractivity contribution is 7.99. The lowest BCUT2D eigenvalue weighted by molar-refractivity contribution is -0.118. The molecule has 1 aromatic carbocycles. The summed E-state index contributed by atoms with van der Waals surface area (Å²) in [6, 6.07) is 5.34. The van der Waals surface area contributed by atoms with Gasteiger partial charge in [0.25, 0.3) is 5.22 Å². The van der Waals surface area contributed by atoms with E-state index in [2.05, 4.69) is 22.4 Å². The number of carbonyl (C=O) groups is 1. The van der Waals surface area contributed by atoms with Crippen LogP contribution in [0.5, 0.6) is 11.5 Å². The predicted molar refractivity (Wildman–Crippen MR) is 91.5 cm³/mol. The first-order chi connectivity index (χ1) is 11.7. The molecule has 24 heavy (non-hydrogen) atoms. The van der Waals surface area contributed by atoms with Crippen LogP contribution in [0.15, 0.2) is 27.8 Å². The topological polar surface area (TPSA) is 86.5 Å². The van der Waals surface area contributed by atoms with E-state index in [0.717, 1.165) is 18.4 Å². The Morgan fingerprint density at radius 1 is 1.25 bits per heavy atom. The van der Waals surface area contributed by atoms with Crippen LogP contribution in [-0.2, 0) is 4.79 Å². The fraction of sp³-hybridized carbons (Fsp3) is 0.438. The minimum absolute atomic E-state index is 0.0423. The van der Waals surface area contributed by atoms with Crippen LogP contribution in [0, 0.1) is 0 Å². The van der Waals surface area contributed by atoms with Crippen LogP contribution in [0.3, 0.4) is 0 Å². The van der Waals surface area contributed by atoms with Gasteiger partial charge >= 0.3 is 0 Å². The van der Waals surface area contributed by atoms with Crippen LogP contribution in [0.25, 0.3) is 11.5 Å². The largest absolute Gasteiger partial charge is 0.493 e. The van der Waals surface area contributed by atoms with E-state index < -0.39 is 0 Å². The predicted octanol–water partition coefficient (Wildman–Crippen LogP) is 2.76. The smallest absolute Gasteiger partial charge is 0.277 e.